The predicted octanol–water partition coefficient (Wildman–Crippen LogP) is 3.76. The van der Waals surface area contributed by atoms with E-state index in [0.717, 1.165) is 12.0 Å². The Bertz CT molecular complexity index is 1340. The van der Waals surface area contributed by atoms with E-state index in [1.165, 1.54) is 35.0 Å². The highest BCUT2D eigenvalue weighted by atomic mass is 35.5. The molecule has 33 heavy (non-hydrogen) atoms. The molecule has 0 atom stereocenters. The number of rotatable bonds is 6. The van der Waals surface area contributed by atoms with Gasteiger partial charge >= 0.3 is 0 Å². The molecule has 2 N–H and O–H groups in total. The largest absolute Gasteiger partial charge is 0.322 e. The van der Waals surface area contributed by atoms with Gasteiger partial charge in [-0.15, -0.1) is 0 Å². The maximum absolute atomic E-state index is 13.1. The minimum Gasteiger partial charge on any atom is -0.322 e. The van der Waals surface area contributed by atoms with E-state index < -0.39 is 15.9 Å². The van der Waals surface area contributed by atoms with Gasteiger partial charge < -0.3 is 5.32 Å². The molecule has 0 saturated heterocycles. The number of aryl methyl sites for hydroxylation is 1. The third-order valence-corrected chi connectivity index (χ3v) is 6.83. The fraction of sp³-hybridized carbons (Fsp3) is 0.227. The molecular weight excluding hydrogens is 469 g/mol. The molecule has 2 aromatic carbocycles. The number of nitrogens with zero attached hydrogens (tertiary/aromatic N) is 3. The van der Waals surface area contributed by atoms with E-state index in [1.807, 2.05) is 0 Å². The quantitative estimate of drug-likeness (QED) is 0.550. The smallest absolute Gasteiger partial charge is 0.262 e. The first kappa shape index (κ1) is 22.9. The Morgan fingerprint density at radius 3 is 2.67 bits per heavy atom. The van der Waals surface area contributed by atoms with E-state index >= 15 is 0 Å². The number of amides is 1. The van der Waals surface area contributed by atoms with E-state index in [4.69, 9.17) is 11.6 Å². The van der Waals surface area contributed by atoms with Crippen LogP contribution in [0.1, 0.15) is 34.5 Å². The van der Waals surface area contributed by atoms with Crippen molar-refractivity contribution in [1.29, 1.82) is 0 Å². The first-order valence-corrected chi connectivity index (χ1v) is 12.0. The van der Waals surface area contributed by atoms with Gasteiger partial charge in [-0.2, -0.15) is 5.10 Å². The summed E-state index contributed by atoms with van der Waals surface area (Å²) in [6.45, 7) is 2.51. The van der Waals surface area contributed by atoms with Gasteiger partial charge in [0.15, 0.2) is 0 Å². The van der Waals surface area contributed by atoms with E-state index in [0.29, 0.717) is 24.5 Å². The number of hydrogen-bond donors (Lipinski definition) is 2. The molecular formula is C22H21ClFN5O3S. The molecule has 1 aliphatic rings. The van der Waals surface area contributed by atoms with Crippen molar-refractivity contribution in [2.24, 2.45) is 4.99 Å². The van der Waals surface area contributed by atoms with Crippen molar-refractivity contribution in [1.82, 2.24) is 14.5 Å². The summed E-state index contributed by atoms with van der Waals surface area (Å²) in [5.41, 5.74) is 1.64. The number of nitrogens with one attached hydrogen (secondary N) is 2. The molecule has 1 aliphatic heterocycles. The van der Waals surface area contributed by atoms with Crippen LogP contribution in [0.2, 0.25) is 5.15 Å². The number of anilines is 1. The lowest BCUT2D eigenvalue weighted by molar-refractivity contribution is 0.102. The fourth-order valence-electron chi connectivity index (χ4n) is 3.45. The van der Waals surface area contributed by atoms with Crippen LogP contribution >= 0.6 is 11.6 Å². The van der Waals surface area contributed by atoms with Gasteiger partial charge in [-0.1, -0.05) is 29.8 Å². The number of aromatic nitrogens is 2. The Hall–Kier alpha value is -3.24. The Morgan fingerprint density at radius 1 is 1.21 bits per heavy atom. The summed E-state index contributed by atoms with van der Waals surface area (Å²) >= 11 is 6.42. The van der Waals surface area contributed by atoms with Gasteiger partial charge in [0.25, 0.3) is 15.9 Å². The topological polar surface area (TPSA) is 105 Å². The summed E-state index contributed by atoms with van der Waals surface area (Å²) < 4.78 is 42.4. The second-order valence-corrected chi connectivity index (χ2v) is 9.60. The number of carbonyl (C=O) groups is 1. The normalized spacial score (nSPS) is 13.6. The van der Waals surface area contributed by atoms with Crippen molar-refractivity contribution in [2.45, 2.75) is 31.2 Å². The first-order valence-electron chi connectivity index (χ1n) is 10.2. The molecule has 172 valence electrons. The minimum absolute atomic E-state index is 0.00437. The summed E-state index contributed by atoms with van der Waals surface area (Å²) in [6, 6.07) is 11.8. The molecule has 0 unspecified atom stereocenters. The summed E-state index contributed by atoms with van der Waals surface area (Å²) in [7, 11) is -3.82. The summed E-state index contributed by atoms with van der Waals surface area (Å²) in [5.74, 6) is -0.442. The Labute approximate surface area is 195 Å². The van der Waals surface area contributed by atoms with Crippen molar-refractivity contribution in [2.75, 3.05) is 11.9 Å². The monoisotopic (exact) mass is 489 g/mol. The van der Waals surface area contributed by atoms with Gasteiger partial charge in [0.05, 0.1) is 22.7 Å². The van der Waals surface area contributed by atoms with Crippen molar-refractivity contribution in [3.8, 4) is 0 Å². The zero-order chi connectivity index (χ0) is 23.6. The molecule has 11 heteroatoms. The molecule has 0 saturated carbocycles. The van der Waals surface area contributed by atoms with Crippen LogP contribution in [0.25, 0.3) is 0 Å². The number of carbonyl (C=O) groups excluding carboxylic acids is 1. The Kier molecular flexibility index (Phi) is 6.48. The molecule has 0 radical (unpaired) electrons. The van der Waals surface area contributed by atoms with Gasteiger partial charge in [0.1, 0.15) is 16.8 Å². The van der Waals surface area contributed by atoms with Gasteiger partial charge in [0.2, 0.25) is 0 Å². The van der Waals surface area contributed by atoms with Crippen LogP contribution in [0.4, 0.5) is 10.1 Å². The highest BCUT2D eigenvalue weighted by Crippen LogP contribution is 2.23. The molecule has 1 amide bonds. The summed E-state index contributed by atoms with van der Waals surface area (Å²) in [5, 5.41) is 7.12. The highest BCUT2D eigenvalue weighted by molar-refractivity contribution is 7.90. The second kappa shape index (κ2) is 9.32. The average molecular weight is 490 g/mol. The van der Waals surface area contributed by atoms with Crippen LogP contribution in [0.3, 0.4) is 0 Å². The van der Waals surface area contributed by atoms with Gasteiger partial charge in [-0.25, -0.2) is 17.5 Å². The predicted molar refractivity (Wildman–Crippen MR) is 124 cm³/mol. The lowest BCUT2D eigenvalue weighted by Crippen LogP contribution is -2.29. The second-order valence-electron chi connectivity index (χ2n) is 7.55. The number of amidine groups is 1. The molecule has 4 rings (SSSR count). The molecule has 1 aromatic heterocycles. The molecule has 0 aliphatic carbocycles. The van der Waals surface area contributed by atoms with Crippen molar-refractivity contribution < 1.29 is 17.6 Å². The number of sulfonamides is 1. The van der Waals surface area contributed by atoms with Crippen LogP contribution in [-0.2, 0) is 16.6 Å². The number of aliphatic imine (C=N–C) groups is 1. The van der Waals surface area contributed by atoms with Crippen molar-refractivity contribution in [3.05, 3.63) is 76.3 Å². The number of benzene rings is 2. The van der Waals surface area contributed by atoms with Crippen LogP contribution in [-0.4, -0.2) is 36.5 Å². The minimum atomic E-state index is -3.82. The zero-order valence-electron chi connectivity index (χ0n) is 17.7. The SMILES string of the molecule is Cc1nn(Cc2ccc(F)cc2)c(Cl)c1C(=O)Nc1cccc(S(=O)(=O)NC2=NCCC2)c1. The molecule has 8 nitrogen and oxygen atoms in total. The molecule has 2 heterocycles. The van der Waals surface area contributed by atoms with E-state index in [1.54, 1.807) is 25.1 Å². The molecule has 0 fully saturated rings. The highest BCUT2D eigenvalue weighted by Gasteiger charge is 2.22. The fourth-order valence-corrected chi connectivity index (χ4v) is 4.90. The Balaban J connectivity index is 1.52. The zero-order valence-corrected chi connectivity index (χ0v) is 19.3. The summed E-state index contributed by atoms with van der Waals surface area (Å²) in [4.78, 5) is 17.1. The third-order valence-electron chi connectivity index (χ3n) is 5.07. The third kappa shape index (κ3) is 5.23. The average Bonchev–Trinajstić information content (AvgIpc) is 3.37. The molecule has 3 aromatic rings. The van der Waals surface area contributed by atoms with Crippen molar-refractivity contribution >= 4 is 39.1 Å². The lowest BCUT2D eigenvalue weighted by Gasteiger charge is -2.10. The van der Waals surface area contributed by atoms with E-state index in [2.05, 4.69) is 20.1 Å². The van der Waals surface area contributed by atoms with E-state index in [-0.39, 0.29) is 33.7 Å². The van der Waals surface area contributed by atoms with Crippen LogP contribution in [0.5, 0.6) is 0 Å². The van der Waals surface area contributed by atoms with Crippen LogP contribution in [0, 0.1) is 12.7 Å². The molecule has 0 bridgehead atoms. The standard InChI is InChI=1S/C22H21ClFN5O3S/c1-14-20(21(23)29(27-14)13-15-7-9-16(24)10-8-15)22(30)26-17-4-2-5-18(12-17)33(31,32)28-19-6-3-11-25-19/h2,4-5,7-10,12H,3,6,11,13H2,1H3,(H,25,28)(H,26,30). The summed E-state index contributed by atoms with van der Waals surface area (Å²) in [6.07, 6.45) is 1.39. The Morgan fingerprint density at radius 2 is 1.97 bits per heavy atom. The van der Waals surface area contributed by atoms with E-state index in [9.17, 15) is 17.6 Å². The van der Waals surface area contributed by atoms with Crippen molar-refractivity contribution in [3.63, 3.8) is 0 Å². The first-order chi connectivity index (χ1) is 15.7. The maximum atomic E-state index is 13.1. The lowest BCUT2D eigenvalue weighted by atomic mass is 10.2. The van der Waals surface area contributed by atoms with Gasteiger partial charge in [-0.05, 0) is 49.2 Å². The van der Waals surface area contributed by atoms with Gasteiger partial charge in [0, 0.05) is 18.7 Å². The van der Waals surface area contributed by atoms with Crippen LogP contribution in [0.15, 0.2) is 58.4 Å². The molecule has 0 spiro atoms. The maximum Gasteiger partial charge on any atom is 0.262 e. The number of hydrogen-bond acceptors (Lipinski definition) is 5. The number of halogens is 2. The van der Waals surface area contributed by atoms with Crippen LogP contribution < -0.4 is 10.0 Å². The van der Waals surface area contributed by atoms with Gasteiger partial charge in [-0.3, -0.25) is 14.5 Å².